The molecule has 0 aromatic carbocycles. The first kappa shape index (κ1) is 14.7. The quantitative estimate of drug-likeness (QED) is 0.810. The number of aryl methyl sites for hydroxylation is 1. The number of aliphatic hydroxyl groups excluding tert-OH is 1. The van der Waals surface area contributed by atoms with Crippen molar-refractivity contribution in [2.75, 3.05) is 0 Å². The molecule has 0 aliphatic heterocycles. The summed E-state index contributed by atoms with van der Waals surface area (Å²) in [6.45, 7) is 1.46. The van der Waals surface area contributed by atoms with Crippen molar-refractivity contribution in [1.82, 2.24) is 9.78 Å². The van der Waals surface area contributed by atoms with E-state index < -0.39 is 43.0 Å². The number of alkyl halides is 5. The van der Waals surface area contributed by atoms with Crippen LogP contribution in [0.3, 0.4) is 0 Å². The number of fused-ring (bicyclic) bond motifs is 1. The number of halogens is 5. The van der Waals surface area contributed by atoms with E-state index in [9.17, 15) is 27.1 Å². The molecule has 8 heteroatoms. The molecule has 118 valence electrons. The van der Waals surface area contributed by atoms with E-state index in [2.05, 4.69) is 5.10 Å². The van der Waals surface area contributed by atoms with Crippen LogP contribution in [0.15, 0.2) is 0 Å². The van der Waals surface area contributed by atoms with E-state index in [0.29, 0.717) is 0 Å². The summed E-state index contributed by atoms with van der Waals surface area (Å²) in [4.78, 5) is 0. The smallest absolute Gasteiger partial charge is 0.176 e. The zero-order valence-electron chi connectivity index (χ0n) is 11.2. The minimum Gasteiger partial charge on any atom is -0.385 e. The molecule has 0 spiro atoms. The molecule has 2 aliphatic rings. The van der Waals surface area contributed by atoms with Crippen molar-refractivity contribution in [2.24, 2.45) is 0 Å². The third kappa shape index (κ3) is 2.06. The molecule has 0 saturated heterocycles. The Balaban J connectivity index is 1.98. The fraction of sp³-hybridized carbons (Fsp3) is 0.769. The van der Waals surface area contributed by atoms with E-state index in [1.54, 1.807) is 0 Å². The summed E-state index contributed by atoms with van der Waals surface area (Å²) in [6.07, 6.45) is -12.8. The molecule has 0 amide bonds. The molecule has 1 heterocycles. The van der Waals surface area contributed by atoms with Gasteiger partial charge in [0.25, 0.3) is 0 Å². The zero-order chi connectivity index (χ0) is 15.5. The average molecular weight is 310 g/mol. The summed E-state index contributed by atoms with van der Waals surface area (Å²) in [5.74, 6) is 0. The fourth-order valence-electron chi connectivity index (χ4n) is 3.27. The maximum atomic E-state index is 14.0. The van der Waals surface area contributed by atoms with Gasteiger partial charge in [-0.05, 0) is 6.92 Å². The highest BCUT2D eigenvalue weighted by Gasteiger charge is 2.48. The molecule has 3 rings (SSSR count). The lowest BCUT2D eigenvalue weighted by Gasteiger charge is -2.31. The average Bonchev–Trinajstić information content (AvgIpc) is 2.88. The van der Waals surface area contributed by atoms with Crippen LogP contribution in [0, 0.1) is 6.92 Å². The summed E-state index contributed by atoms with van der Waals surface area (Å²) in [6, 6.07) is -0.889. The Kier molecular flexibility index (Phi) is 3.46. The molecule has 1 aromatic rings. The molecule has 1 fully saturated rings. The second-order valence-corrected chi connectivity index (χ2v) is 5.72. The first-order valence-corrected chi connectivity index (χ1v) is 6.80. The summed E-state index contributed by atoms with van der Waals surface area (Å²) in [5, 5.41) is 13.7. The van der Waals surface area contributed by atoms with Crippen LogP contribution in [0.2, 0.25) is 0 Å². The minimum atomic E-state index is -2.20. The number of rotatable bonds is 1. The Labute approximate surface area is 117 Å². The van der Waals surface area contributed by atoms with Crippen LogP contribution in [0.5, 0.6) is 0 Å². The zero-order valence-corrected chi connectivity index (χ0v) is 11.2. The first-order valence-electron chi connectivity index (χ1n) is 6.80. The van der Waals surface area contributed by atoms with E-state index in [4.69, 9.17) is 0 Å². The van der Waals surface area contributed by atoms with Crippen molar-refractivity contribution >= 4 is 0 Å². The summed E-state index contributed by atoms with van der Waals surface area (Å²) < 4.78 is 68.8. The first-order chi connectivity index (χ1) is 9.82. The van der Waals surface area contributed by atoms with Gasteiger partial charge in [-0.2, -0.15) is 5.10 Å². The number of hydrogen-bond acceptors (Lipinski definition) is 2. The van der Waals surface area contributed by atoms with Crippen LogP contribution in [0.4, 0.5) is 22.0 Å². The van der Waals surface area contributed by atoms with Gasteiger partial charge in [0.15, 0.2) is 18.5 Å². The minimum absolute atomic E-state index is 0.0307. The van der Waals surface area contributed by atoms with Gasteiger partial charge in [-0.15, -0.1) is 0 Å². The van der Waals surface area contributed by atoms with Gasteiger partial charge >= 0.3 is 0 Å². The number of aliphatic hydroxyl groups is 1. The van der Waals surface area contributed by atoms with Gasteiger partial charge < -0.3 is 5.11 Å². The fourth-order valence-corrected chi connectivity index (χ4v) is 3.27. The molecule has 21 heavy (non-hydrogen) atoms. The SMILES string of the molecule is Cc1nn([C@H]2C[C@@H](F)[C@@H](F)[C@@H](F)C2)c2c1[C@H](O)[C@H](F)[C@@H]2F. The lowest BCUT2D eigenvalue weighted by atomic mass is 9.90. The van der Waals surface area contributed by atoms with E-state index in [0.717, 1.165) is 4.68 Å². The highest BCUT2D eigenvalue weighted by Crippen LogP contribution is 2.47. The van der Waals surface area contributed by atoms with E-state index in [-0.39, 0.29) is 29.8 Å². The number of aromatic nitrogens is 2. The normalized spacial score (nSPS) is 43.1. The van der Waals surface area contributed by atoms with Gasteiger partial charge in [0.05, 0.1) is 17.4 Å². The molecular formula is C13H15F5N2O. The summed E-state index contributed by atoms with van der Waals surface area (Å²) >= 11 is 0. The molecule has 7 atom stereocenters. The van der Waals surface area contributed by atoms with Crippen molar-refractivity contribution in [3.8, 4) is 0 Å². The molecule has 1 saturated carbocycles. The summed E-state index contributed by atoms with van der Waals surface area (Å²) in [7, 11) is 0. The van der Waals surface area contributed by atoms with Crippen LogP contribution in [-0.2, 0) is 0 Å². The highest BCUT2D eigenvalue weighted by molar-refractivity contribution is 5.37. The highest BCUT2D eigenvalue weighted by atomic mass is 19.2. The third-order valence-electron chi connectivity index (χ3n) is 4.34. The predicted octanol–water partition coefficient (Wildman–Crippen LogP) is 2.94. The number of hydrogen-bond donors (Lipinski definition) is 1. The van der Waals surface area contributed by atoms with E-state index in [1.165, 1.54) is 6.92 Å². The third-order valence-corrected chi connectivity index (χ3v) is 4.34. The van der Waals surface area contributed by atoms with E-state index in [1.807, 2.05) is 0 Å². The van der Waals surface area contributed by atoms with Crippen molar-refractivity contribution in [1.29, 1.82) is 0 Å². The maximum Gasteiger partial charge on any atom is 0.176 e. The second-order valence-electron chi connectivity index (χ2n) is 5.72. The van der Waals surface area contributed by atoms with Gasteiger partial charge in [-0.3, -0.25) is 4.68 Å². The van der Waals surface area contributed by atoms with Crippen LogP contribution in [0.25, 0.3) is 0 Å². The van der Waals surface area contributed by atoms with Crippen LogP contribution < -0.4 is 0 Å². The molecular weight excluding hydrogens is 295 g/mol. The van der Waals surface area contributed by atoms with Crippen molar-refractivity contribution in [2.45, 2.75) is 62.8 Å². The Bertz CT molecular complexity index is 539. The summed E-state index contributed by atoms with van der Waals surface area (Å²) in [5.41, 5.74) is 0.0610. The van der Waals surface area contributed by atoms with Crippen molar-refractivity contribution in [3.63, 3.8) is 0 Å². The van der Waals surface area contributed by atoms with Gasteiger partial charge in [0, 0.05) is 18.4 Å². The predicted molar refractivity (Wildman–Crippen MR) is 63.6 cm³/mol. The van der Waals surface area contributed by atoms with Gasteiger partial charge in [-0.25, -0.2) is 22.0 Å². The molecule has 0 radical (unpaired) electrons. The Hall–Kier alpha value is -1.18. The standard InChI is InChI=1S/C13H15F5N2O/c1-4-8-12(10(17)11(18)13(8)21)20(19-4)5-2-6(14)9(16)7(15)3-5/h5-7,9-11,13,21H,2-3H2,1H3/t5-,6+,7-,9+,10-,11+,13-/m0/s1. The Morgan fingerprint density at radius 1 is 1.05 bits per heavy atom. The number of nitrogens with zero attached hydrogens (tertiary/aromatic N) is 2. The van der Waals surface area contributed by atoms with E-state index >= 15 is 0 Å². The molecule has 0 unspecified atom stereocenters. The van der Waals surface area contributed by atoms with Crippen molar-refractivity contribution in [3.05, 3.63) is 17.0 Å². The topological polar surface area (TPSA) is 38.0 Å². The Morgan fingerprint density at radius 3 is 2.19 bits per heavy atom. The molecule has 1 aromatic heterocycles. The maximum absolute atomic E-state index is 14.0. The largest absolute Gasteiger partial charge is 0.385 e. The monoisotopic (exact) mass is 310 g/mol. The van der Waals surface area contributed by atoms with Crippen LogP contribution >= 0.6 is 0 Å². The lowest BCUT2D eigenvalue weighted by molar-refractivity contribution is 0.0148. The lowest BCUT2D eigenvalue weighted by Crippen LogP contribution is -2.38. The van der Waals surface area contributed by atoms with Gasteiger partial charge in [0.1, 0.15) is 18.4 Å². The molecule has 0 bridgehead atoms. The van der Waals surface area contributed by atoms with Gasteiger partial charge in [-0.1, -0.05) is 0 Å². The molecule has 3 nitrogen and oxygen atoms in total. The van der Waals surface area contributed by atoms with Gasteiger partial charge in [0.2, 0.25) is 0 Å². The van der Waals surface area contributed by atoms with Crippen LogP contribution in [-0.4, -0.2) is 39.6 Å². The van der Waals surface area contributed by atoms with Crippen molar-refractivity contribution < 1.29 is 27.1 Å². The second kappa shape index (κ2) is 4.93. The van der Waals surface area contributed by atoms with Crippen LogP contribution in [0.1, 0.15) is 48.1 Å². The molecule has 2 aliphatic carbocycles. The molecule has 1 N–H and O–H groups in total. The Morgan fingerprint density at radius 2 is 1.62 bits per heavy atom.